The van der Waals surface area contributed by atoms with Crippen molar-refractivity contribution in [2.45, 2.75) is 32.9 Å². The van der Waals surface area contributed by atoms with Gasteiger partial charge in [0.2, 0.25) is 0 Å². The van der Waals surface area contributed by atoms with Gasteiger partial charge in [-0.2, -0.15) is 5.26 Å². The van der Waals surface area contributed by atoms with Crippen LogP contribution in [0.5, 0.6) is 0 Å². The standard InChI is InChI=1S/C17H20N2S/c1-13(2)8-17(15-6-4-3-5-7-15)19-11-16-9-14(10-18)12-20-16/h3-7,9,12-13,17,19H,8,11H2,1-2H3. The number of nitrogens with zero attached hydrogens (tertiary/aromatic N) is 1. The number of thiophene rings is 1. The van der Waals surface area contributed by atoms with Gasteiger partial charge in [-0.3, -0.25) is 0 Å². The average molecular weight is 284 g/mol. The molecule has 1 aromatic carbocycles. The number of nitrogens with one attached hydrogen (secondary N) is 1. The van der Waals surface area contributed by atoms with Crippen molar-refractivity contribution in [3.8, 4) is 6.07 Å². The lowest BCUT2D eigenvalue weighted by atomic mass is 9.97. The molecule has 2 aromatic rings. The molecule has 104 valence electrons. The van der Waals surface area contributed by atoms with Crippen LogP contribution in [0.15, 0.2) is 41.8 Å². The zero-order chi connectivity index (χ0) is 14.4. The lowest BCUT2D eigenvalue weighted by Crippen LogP contribution is -2.22. The van der Waals surface area contributed by atoms with E-state index in [1.165, 1.54) is 10.4 Å². The van der Waals surface area contributed by atoms with Gasteiger partial charge in [0, 0.05) is 22.8 Å². The Kier molecular flexibility index (Phi) is 5.34. The highest BCUT2D eigenvalue weighted by Crippen LogP contribution is 2.22. The summed E-state index contributed by atoms with van der Waals surface area (Å²) in [5.74, 6) is 0.644. The van der Waals surface area contributed by atoms with Crippen molar-refractivity contribution in [1.82, 2.24) is 5.32 Å². The quantitative estimate of drug-likeness (QED) is 0.848. The Bertz CT molecular complexity index is 566. The van der Waals surface area contributed by atoms with E-state index in [2.05, 4.69) is 49.5 Å². The molecule has 0 saturated heterocycles. The monoisotopic (exact) mass is 284 g/mol. The molecule has 1 aromatic heterocycles. The van der Waals surface area contributed by atoms with Gasteiger partial charge in [-0.05, 0) is 24.0 Å². The molecule has 1 N–H and O–H groups in total. The summed E-state index contributed by atoms with van der Waals surface area (Å²) < 4.78 is 0. The minimum atomic E-state index is 0.365. The molecule has 1 heterocycles. The first-order valence-electron chi connectivity index (χ1n) is 6.95. The minimum absolute atomic E-state index is 0.365. The van der Waals surface area contributed by atoms with Crippen molar-refractivity contribution in [3.63, 3.8) is 0 Å². The molecular weight excluding hydrogens is 264 g/mol. The molecule has 0 spiro atoms. The Labute approximate surface area is 125 Å². The molecule has 0 fully saturated rings. The molecule has 0 bridgehead atoms. The van der Waals surface area contributed by atoms with Crippen LogP contribution in [0.4, 0.5) is 0 Å². The molecule has 1 unspecified atom stereocenters. The fraction of sp³-hybridized carbons (Fsp3) is 0.353. The predicted molar refractivity (Wildman–Crippen MR) is 84.5 cm³/mol. The normalized spacial score (nSPS) is 12.3. The van der Waals surface area contributed by atoms with Gasteiger partial charge in [0.1, 0.15) is 6.07 Å². The zero-order valence-electron chi connectivity index (χ0n) is 12.0. The van der Waals surface area contributed by atoms with E-state index in [-0.39, 0.29) is 0 Å². The van der Waals surface area contributed by atoms with E-state index in [9.17, 15) is 0 Å². The van der Waals surface area contributed by atoms with E-state index >= 15 is 0 Å². The highest BCUT2D eigenvalue weighted by Gasteiger charge is 2.13. The van der Waals surface area contributed by atoms with Crippen molar-refractivity contribution in [2.75, 3.05) is 0 Å². The van der Waals surface area contributed by atoms with E-state index in [1.807, 2.05) is 17.5 Å². The number of rotatable bonds is 6. The summed E-state index contributed by atoms with van der Waals surface area (Å²) in [6.07, 6.45) is 1.11. The smallest absolute Gasteiger partial charge is 0.100 e. The highest BCUT2D eigenvalue weighted by molar-refractivity contribution is 7.10. The number of benzene rings is 1. The van der Waals surface area contributed by atoms with Gasteiger partial charge in [0.25, 0.3) is 0 Å². The molecule has 1 atom stereocenters. The van der Waals surface area contributed by atoms with Crippen LogP contribution in [-0.4, -0.2) is 0 Å². The van der Waals surface area contributed by atoms with Crippen molar-refractivity contribution in [1.29, 1.82) is 5.26 Å². The summed E-state index contributed by atoms with van der Waals surface area (Å²) in [6, 6.07) is 15.1. The van der Waals surface area contributed by atoms with E-state index < -0.39 is 0 Å². The maximum atomic E-state index is 8.86. The SMILES string of the molecule is CC(C)CC(NCc1cc(C#N)cs1)c1ccccc1. The van der Waals surface area contributed by atoms with Crippen molar-refractivity contribution >= 4 is 11.3 Å². The lowest BCUT2D eigenvalue weighted by Gasteiger charge is -2.21. The average Bonchev–Trinajstić information content (AvgIpc) is 2.92. The van der Waals surface area contributed by atoms with E-state index in [0.717, 1.165) is 18.5 Å². The second-order valence-electron chi connectivity index (χ2n) is 5.39. The van der Waals surface area contributed by atoms with Crippen molar-refractivity contribution in [2.24, 2.45) is 5.92 Å². The van der Waals surface area contributed by atoms with Gasteiger partial charge in [0.15, 0.2) is 0 Å². The fourth-order valence-corrected chi connectivity index (χ4v) is 3.01. The van der Waals surface area contributed by atoms with Gasteiger partial charge >= 0.3 is 0 Å². The molecule has 2 rings (SSSR count). The van der Waals surface area contributed by atoms with Gasteiger partial charge in [-0.1, -0.05) is 44.2 Å². The molecule has 0 radical (unpaired) electrons. The first kappa shape index (κ1) is 14.8. The molecule has 0 amide bonds. The number of nitriles is 1. The molecule has 2 nitrogen and oxygen atoms in total. The van der Waals surface area contributed by atoms with Crippen LogP contribution in [0.3, 0.4) is 0 Å². The fourth-order valence-electron chi connectivity index (χ4n) is 2.25. The topological polar surface area (TPSA) is 35.8 Å². The first-order valence-corrected chi connectivity index (χ1v) is 7.83. The molecule has 0 aliphatic carbocycles. The third-order valence-electron chi connectivity index (χ3n) is 3.21. The van der Waals surface area contributed by atoms with Crippen LogP contribution in [-0.2, 0) is 6.54 Å². The molecule has 0 saturated carbocycles. The maximum absolute atomic E-state index is 8.86. The first-order chi connectivity index (χ1) is 9.69. The summed E-state index contributed by atoms with van der Waals surface area (Å²) in [5.41, 5.74) is 2.09. The Hall–Kier alpha value is -1.63. The lowest BCUT2D eigenvalue weighted by molar-refractivity contribution is 0.430. The summed E-state index contributed by atoms with van der Waals surface area (Å²) in [5, 5.41) is 14.4. The number of hydrogen-bond donors (Lipinski definition) is 1. The van der Waals surface area contributed by atoms with Crippen LogP contribution in [0.25, 0.3) is 0 Å². The van der Waals surface area contributed by atoms with Gasteiger partial charge in [-0.25, -0.2) is 0 Å². The third kappa shape index (κ3) is 4.19. The van der Waals surface area contributed by atoms with E-state index in [4.69, 9.17) is 5.26 Å². The minimum Gasteiger partial charge on any atom is -0.305 e. The van der Waals surface area contributed by atoms with Crippen LogP contribution in [0, 0.1) is 17.2 Å². The van der Waals surface area contributed by atoms with Crippen molar-refractivity contribution < 1.29 is 0 Å². The molecule has 3 heteroatoms. The highest BCUT2D eigenvalue weighted by atomic mass is 32.1. The molecule has 20 heavy (non-hydrogen) atoms. The third-order valence-corrected chi connectivity index (χ3v) is 4.15. The molecule has 0 aliphatic rings. The largest absolute Gasteiger partial charge is 0.305 e. The second kappa shape index (κ2) is 7.23. The van der Waals surface area contributed by atoms with Crippen molar-refractivity contribution in [3.05, 3.63) is 57.8 Å². The Morgan fingerprint density at radius 3 is 2.60 bits per heavy atom. The van der Waals surface area contributed by atoms with Gasteiger partial charge in [0.05, 0.1) is 5.56 Å². The van der Waals surface area contributed by atoms with Crippen LogP contribution in [0.1, 0.15) is 42.3 Å². The number of hydrogen-bond acceptors (Lipinski definition) is 3. The Morgan fingerprint density at radius 2 is 2.00 bits per heavy atom. The molecule has 0 aliphatic heterocycles. The van der Waals surface area contributed by atoms with Crippen LogP contribution < -0.4 is 5.32 Å². The Morgan fingerprint density at radius 1 is 1.25 bits per heavy atom. The second-order valence-corrected chi connectivity index (χ2v) is 6.38. The summed E-state index contributed by atoms with van der Waals surface area (Å²) in [7, 11) is 0. The summed E-state index contributed by atoms with van der Waals surface area (Å²) in [6.45, 7) is 5.31. The summed E-state index contributed by atoms with van der Waals surface area (Å²) >= 11 is 1.65. The Balaban J connectivity index is 2.03. The predicted octanol–water partition coefficient (Wildman–Crippen LogP) is 4.50. The zero-order valence-corrected chi connectivity index (χ0v) is 12.8. The summed E-state index contributed by atoms with van der Waals surface area (Å²) in [4.78, 5) is 1.21. The van der Waals surface area contributed by atoms with Crippen LogP contribution in [0.2, 0.25) is 0 Å². The van der Waals surface area contributed by atoms with E-state index in [1.54, 1.807) is 11.3 Å². The van der Waals surface area contributed by atoms with Crippen LogP contribution >= 0.6 is 11.3 Å². The van der Waals surface area contributed by atoms with Gasteiger partial charge in [-0.15, -0.1) is 11.3 Å². The molecular formula is C17H20N2S. The van der Waals surface area contributed by atoms with E-state index in [0.29, 0.717) is 12.0 Å². The maximum Gasteiger partial charge on any atom is 0.100 e. The van der Waals surface area contributed by atoms with Gasteiger partial charge < -0.3 is 5.32 Å².